The van der Waals surface area contributed by atoms with E-state index in [2.05, 4.69) is 26.6 Å². The largest absolute Gasteiger partial charge is 0.483 e. The first kappa shape index (κ1) is 20.6. The van der Waals surface area contributed by atoms with E-state index in [1.165, 1.54) is 0 Å². The molecule has 0 aromatic heterocycles. The standard InChI is InChI=1S/C23H21BrN2O3/c1-15-11-18(24)12-16(2)22(15)29-14-21(27)25-19-9-6-10-20(13-19)26-23(28)17-7-4-3-5-8-17/h3-13H,14H2,1-2H3,(H,25,27)(H,26,28). The smallest absolute Gasteiger partial charge is 0.262 e. The van der Waals surface area contributed by atoms with Crippen LogP contribution < -0.4 is 15.4 Å². The van der Waals surface area contributed by atoms with Gasteiger partial charge in [0.2, 0.25) is 0 Å². The molecule has 0 bridgehead atoms. The van der Waals surface area contributed by atoms with Crippen molar-refractivity contribution in [2.45, 2.75) is 13.8 Å². The SMILES string of the molecule is Cc1cc(Br)cc(C)c1OCC(=O)Nc1cccc(NC(=O)c2ccccc2)c1. The van der Waals surface area contributed by atoms with Crippen molar-refractivity contribution in [2.75, 3.05) is 17.2 Å². The minimum Gasteiger partial charge on any atom is -0.483 e. The maximum absolute atomic E-state index is 12.3. The van der Waals surface area contributed by atoms with E-state index in [-0.39, 0.29) is 18.4 Å². The first-order chi connectivity index (χ1) is 13.9. The average molecular weight is 453 g/mol. The fourth-order valence-corrected chi connectivity index (χ4v) is 3.61. The molecule has 0 spiro atoms. The predicted molar refractivity (Wildman–Crippen MR) is 119 cm³/mol. The van der Waals surface area contributed by atoms with Crippen LogP contribution in [-0.2, 0) is 4.79 Å². The first-order valence-electron chi connectivity index (χ1n) is 9.08. The lowest BCUT2D eigenvalue weighted by molar-refractivity contribution is -0.118. The Kier molecular flexibility index (Phi) is 6.67. The van der Waals surface area contributed by atoms with Crippen molar-refractivity contribution in [2.24, 2.45) is 0 Å². The van der Waals surface area contributed by atoms with Gasteiger partial charge in [-0.1, -0.05) is 40.2 Å². The zero-order chi connectivity index (χ0) is 20.8. The molecule has 0 saturated carbocycles. The molecule has 0 heterocycles. The van der Waals surface area contributed by atoms with Gasteiger partial charge < -0.3 is 15.4 Å². The fourth-order valence-electron chi connectivity index (χ4n) is 2.93. The quantitative estimate of drug-likeness (QED) is 0.530. The van der Waals surface area contributed by atoms with Crippen molar-refractivity contribution in [3.8, 4) is 5.75 Å². The fraction of sp³-hybridized carbons (Fsp3) is 0.130. The molecule has 2 amide bonds. The third-order valence-electron chi connectivity index (χ3n) is 4.21. The molecule has 0 aliphatic carbocycles. The summed E-state index contributed by atoms with van der Waals surface area (Å²) < 4.78 is 6.68. The van der Waals surface area contributed by atoms with Crippen molar-refractivity contribution < 1.29 is 14.3 Å². The molecule has 3 aromatic rings. The summed E-state index contributed by atoms with van der Waals surface area (Å²) in [6, 6.07) is 19.8. The Labute approximate surface area is 178 Å². The van der Waals surface area contributed by atoms with Crippen LogP contribution in [0.4, 0.5) is 11.4 Å². The number of rotatable bonds is 6. The number of nitrogens with one attached hydrogen (secondary N) is 2. The Bertz CT molecular complexity index is 1010. The number of carbonyl (C=O) groups excluding carboxylic acids is 2. The number of anilines is 2. The normalized spacial score (nSPS) is 10.3. The molecular weight excluding hydrogens is 432 g/mol. The van der Waals surface area contributed by atoms with E-state index in [1.807, 2.05) is 32.0 Å². The van der Waals surface area contributed by atoms with E-state index in [9.17, 15) is 9.59 Å². The van der Waals surface area contributed by atoms with Gasteiger partial charge in [0.25, 0.3) is 11.8 Å². The highest BCUT2D eigenvalue weighted by atomic mass is 79.9. The summed E-state index contributed by atoms with van der Waals surface area (Å²) in [5, 5.41) is 5.62. The number of hydrogen-bond donors (Lipinski definition) is 2. The average Bonchev–Trinajstić information content (AvgIpc) is 2.68. The van der Waals surface area contributed by atoms with Crippen LogP contribution >= 0.6 is 15.9 Å². The highest BCUT2D eigenvalue weighted by Gasteiger charge is 2.10. The van der Waals surface area contributed by atoms with Crippen LogP contribution in [0.1, 0.15) is 21.5 Å². The van der Waals surface area contributed by atoms with Crippen LogP contribution in [0.3, 0.4) is 0 Å². The summed E-state index contributed by atoms with van der Waals surface area (Å²) >= 11 is 3.45. The minimum atomic E-state index is -0.279. The molecule has 2 N–H and O–H groups in total. The summed E-state index contributed by atoms with van der Waals surface area (Å²) in [7, 11) is 0. The molecule has 0 atom stereocenters. The Hall–Kier alpha value is -3.12. The molecule has 148 valence electrons. The summed E-state index contributed by atoms with van der Waals surface area (Å²) in [4.78, 5) is 24.6. The zero-order valence-electron chi connectivity index (χ0n) is 16.2. The summed E-state index contributed by atoms with van der Waals surface area (Å²) in [5.41, 5.74) is 3.65. The van der Waals surface area contributed by atoms with Crippen LogP contribution in [0.5, 0.6) is 5.75 Å². The van der Waals surface area contributed by atoms with Gasteiger partial charge in [-0.15, -0.1) is 0 Å². The van der Waals surface area contributed by atoms with Gasteiger partial charge in [-0.25, -0.2) is 0 Å². The first-order valence-corrected chi connectivity index (χ1v) is 9.87. The molecule has 5 nitrogen and oxygen atoms in total. The molecule has 29 heavy (non-hydrogen) atoms. The van der Waals surface area contributed by atoms with Gasteiger partial charge in [0.15, 0.2) is 6.61 Å². The van der Waals surface area contributed by atoms with E-state index in [1.54, 1.807) is 48.5 Å². The lowest BCUT2D eigenvalue weighted by Gasteiger charge is -2.13. The molecule has 0 fully saturated rings. The van der Waals surface area contributed by atoms with Crippen LogP contribution in [0, 0.1) is 13.8 Å². The van der Waals surface area contributed by atoms with Gasteiger partial charge in [-0.3, -0.25) is 9.59 Å². The molecule has 3 aromatic carbocycles. The van der Waals surface area contributed by atoms with Crippen LogP contribution in [-0.4, -0.2) is 18.4 Å². The topological polar surface area (TPSA) is 67.4 Å². The maximum Gasteiger partial charge on any atom is 0.262 e. The van der Waals surface area contributed by atoms with E-state index in [0.717, 1.165) is 15.6 Å². The Morgan fingerprint density at radius 3 is 2.14 bits per heavy atom. The van der Waals surface area contributed by atoms with E-state index < -0.39 is 0 Å². The van der Waals surface area contributed by atoms with E-state index >= 15 is 0 Å². The van der Waals surface area contributed by atoms with Gasteiger partial charge in [0.05, 0.1) is 0 Å². The highest BCUT2D eigenvalue weighted by Crippen LogP contribution is 2.27. The third-order valence-corrected chi connectivity index (χ3v) is 4.67. The van der Waals surface area contributed by atoms with Gasteiger partial charge in [-0.2, -0.15) is 0 Å². The lowest BCUT2D eigenvalue weighted by Crippen LogP contribution is -2.21. The second-order valence-corrected chi connectivity index (χ2v) is 7.52. The minimum absolute atomic E-state index is 0.107. The van der Waals surface area contributed by atoms with E-state index in [4.69, 9.17) is 4.74 Å². The summed E-state index contributed by atoms with van der Waals surface area (Å²) in [5.74, 6) is 0.212. The van der Waals surface area contributed by atoms with Crippen molar-refractivity contribution >= 4 is 39.1 Å². The second kappa shape index (κ2) is 9.39. The monoisotopic (exact) mass is 452 g/mol. The number of benzene rings is 3. The summed E-state index contributed by atoms with van der Waals surface area (Å²) in [6.07, 6.45) is 0. The second-order valence-electron chi connectivity index (χ2n) is 6.61. The maximum atomic E-state index is 12.3. The Morgan fingerprint density at radius 1 is 0.862 bits per heavy atom. The van der Waals surface area contributed by atoms with Crippen molar-refractivity contribution in [1.29, 1.82) is 0 Å². The Morgan fingerprint density at radius 2 is 1.48 bits per heavy atom. The van der Waals surface area contributed by atoms with Crippen molar-refractivity contribution in [3.05, 3.63) is 87.9 Å². The van der Waals surface area contributed by atoms with Crippen molar-refractivity contribution in [3.63, 3.8) is 0 Å². The predicted octanol–water partition coefficient (Wildman–Crippen LogP) is 5.34. The van der Waals surface area contributed by atoms with Gasteiger partial charge in [-0.05, 0) is 67.4 Å². The highest BCUT2D eigenvalue weighted by molar-refractivity contribution is 9.10. The number of ether oxygens (including phenoxy) is 1. The van der Waals surface area contributed by atoms with Gasteiger partial charge >= 0.3 is 0 Å². The number of halogens is 1. The summed E-state index contributed by atoms with van der Waals surface area (Å²) in [6.45, 7) is 3.76. The van der Waals surface area contributed by atoms with Crippen LogP contribution in [0.2, 0.25) is 0 Å². The van der Waals surface area contributed by atoms with Gasteiger partial charge in [0.1, 0.15) is 5.75 Å². The molecule has 0 unspecified atom stereocenters. The number of amides is 2. The molecular formula is C23H21BrN2O3. The number of aryl methyl sites for hydroxylation is 2. The molecule has 0 aliphatic rings. The van der Waals surface area contributed by atoms with Gasteiger partial charge in [0, 0.05) is 21.4 Å². The number of hydrogen-bond acceptors (Lipinski definition) is 3. The van der Waals surface area contributed by atoms with Crippen LogP contribution in [0.25, 0.3) is 0 Å². The Balaban J connectivity index is 1.60. The zero-order valence-corrected chi connectivity index (χ0v) is 17.7. The molecule has 6 heteroatoms. The number of carbonyl (C=O) groups is 2. The van der Waals surface area contributed by atoms with E-state index in [0.29, 0.717) is 22.7 Å². The van der Waals surface area contributed by atoms with Crippen LogP contribution in [0.15, 0.2) is 71.2 Å². The molecule has 3 rings (SSSR count). The van der Waals surface area contributed by atoms with Crippen molar-refractivity contribution in [1.82, 2.24) is 0 Å². The lowest BCUT2D eigenvalue weighted by atomic mass is 10.1. The molecule has 0 aliphatic heterocycles. The third kappa shape index (κ3) is 5.68. The molecule has 0 saturated heterocycles. The molecule has 0 radical (unpaired) electrons.